The van der Waals surface area contributed by atoms with E-state index in [1.165, 1.54) is 11.8 Å². The number of rotatable bonds is 4. The Hall–Kier alpha value is -1.70. The number of amides is 2. The number of nitrogens with zero attached hydrogens (tertiary/aromatic N) is 1. The van der Waals surface area contributed by atoms with Crippen molar-refractivity contribution >= 4 is 46.8 Å². The Kier molecular flexibility index (Phi) is 5.92. The molecule has 2 aromatic rings. The van der Waals surface area contributed by atoms with Gasteiger partial charge in [0, 0.05) is 9.92 Å². The van der Waals surface area contributed by atoms with E-state index in [0.717, 1.165) is 0 Å². The molecule has 0 fully saturated rings. The number of halogens is 2. The van der Waals surface area contributed by atoms with Crippen LogP contribution in [0.5, 0.6) is 0 Å². The normalized spacial score (nSPS) is 10.4. The van der Waals surface area contributed by atoms with E-state index in [2.05, 4.69) is 16.0 Å². The van der Waals surface area contributed by atoms with Crippen molar-refractivity contribution in [2.75, 3.05) is 5.75 Å². The van der Waals surface area contributed by atoms with Gasteiger partial charge < -0.3 is 4.52 Å². The molecular weight excluding hydrogens is 361 g/mol. The molecule has 2 amide bonds. The van der Waals surface area contributed by atoms with Gasteiger partial charge in [-0.25, -0.2) is 0 Å². The summed E-state index contributed by atoms with van der Waals surface area (Å²) < 4.78 is 4.90. The van der Waals surface area contributed by atoms with E-state index in [1.54, 1.807) is 32.0 Å². The second kappa shape index (κ2) is 7.72. The molecule has 0 radical (unpaired) electrons. The molecule has 1 aromatic heterocycles. The first-order valence-corrected chi connectivity index (χ1v) is 8.22. The summed E-state index contributed by atoms with van der Waals surface area (Å²) in [5, 5.41) is 4.72. The zero-order valence-corrected chi connectivity index (χ0v) is 14.6. The largest absolute Gasteiger partial charge is 0.361 e. The standard InChI is InChI=1S/C14H13Cl2N3O3S/c1-7-13(8(2)22-19-7)14(21)18-17-12(20)6-23-11-5-9(15)3-4-10(11)16/h3-5H,6H2,1-2H3,(H,17,20)(H,18,21). The summed E-state index contributed by atoms with van der Waals surface area (Å²) in [6, 6.07) is 4.99. The van der Waals surface area contributed by atoms with Crippen molar-refractivity contribution in [2.24, 2.45) is 0 Å². The third kappa shape index (κ3) is 4.63. The molecule has 9 heteroatoms. The molecule has 0 bridgehead atoms. The molecule has 0 aliphatic rings. The van der Waals surface area contributed by atoms with Crippen LogP contribution < -0.4 is 10.9 Å². The number of carbonyl (C=O) groups excluding carboxylic acids is 2. The second-order valence-electron chi connectivity index (χ2n) is 4.56. The number of aryl methyl sites for hydroxylation is 2. The van der Waals surface area contributed by atoms with Crippen molar-refractivity contribution in [1.82, 2.24) is 16.0 Å². The third-order valence-corrected chi connectivity index (χ3v) is 4.56. The molecule has 0 spiro atoms. The molecule has 0 saturated heterocycles. The molecule has 122 valence electrons. The number of carbonyl (C=O) groups is 2. The maximum absolute atomic E-state index is 12.0. The average Bonchev–Trinajstić information content (AvgIpc) is 2.85. The molecule has 23 heavy (non-hydrogen) atoms. The lowest BCUT2D eigenvalue weighted by atomic mass is 10.2. The van der Waals surface area contributed by atoms with E-state index in [1.807, 2.05) is 0 Å². The van der Waals surface area contributed by atoms with Gasteiger partial charge in [0.2, 0.25) is 5.91 Å². The number of aromatic nitrogens is 1. The molecule has 0 aliphatic heterocycles. The first-order chi connectivity index (χ1) is 10.9. The highest BCUT2D eigenvalue weighted by atomic mass is 35.5. The fraction of sp³-hybridized carbons (Fsp3) is 0.214. The predicted molar refractivity (Wildman–Crippen MR) is 88.8 cm³/mol. The minimum absolute atomic E-state index is 0.0714. The Balaban J connectivity index is 1.86. The minimum Gasteiger partial charge on any atom is -0.361 e. The summed E-state index contributed by atoms with van der Waals surface area (Å²) in [4.78, 5) is 24.4. The highest BCUT2D eigenvalue weighted by molar-refractivity contribution is 8.00. The van der Waals surface area contributed by atoms with Crippen LogP contribution in [0.1, 0.15) is 21.8 Å². The van der Waals surface area contributed by atoms with Gasteiger partial charge in [0.05, 0.1) is 16.5 Å². The molecule has 1 heterocycles. The van der Waals surface area contributed by atoms with Crippen LogP contribution in [0.2, 0.25) is 10.0 Å². The van der Waals surface area contributed by atoms with Gasteiger partial charge in [-0.2, -0.15) is 0 Å². The monoisotopic (exact) mass is 373 g/mol. The van der Waals surface area contributed by atoms with Crippen molar-refractivity contribution in [3.63, 3.8) is 0 Å². The topological polar surface area (TPSA) is 84.2 Å². The van der Waals surface area contributed by atoms with Gasteiger partial charge in [-0.15, -0.1) is 11.8 Å². The summed E-state index contributed by atoms with van der Waals surface area (Å²) >= 11 is 13.1. The van der Waals surface area contributed by atoms with Crippen molar-refractivity contribution in [3.05, 3.63) is 45.3 Å². The van der Waals surface area contributed by atoms with Crippen molar-refractivity contribution in [1.29, 1.82) is 0 Å². The summed E-state index contributed by atoms with van der Waals surface area (Å²) in [5.41, 5.74) is 5.40. The number of nitrogens with one attached hydrogen (secondary N) is 2. The van der Waals surface area contributed by atoms with Gasteiger partial charge in [-0.1, -0.05) is 28.4 Å². The van der Waals surface area contributed by atoms with Crippen LogP contribution in [-0.4, -0.2) is 22.7 Å². The SMILES string of the molecule is Cc1noc(C)c1C(=O)NNC(=O)CSc1cc(Cl)ccc1Cl. The number of hydrogen-bond donors (Lipinski definition) is 2. The number of hydrazine groups is 1. The minimum atomic E-state index is -0.486. The summed E-state index contributed by atoms with van der Waals surface area (Å²) in [6.07, 6.45) is 0. The number of thioether (sulfide) groups is 1. The van der Waals surface area contributed by atoms with E-state index in [-0.39, 0.29) is 11.7 Å². The Bertz CT molecular complexity index is 729. The Morgan fingerprint density at radius 2 is 2.00 bits per heavy atom. The highest BCUT2D eigenvalue weighted by Gasteiger charge is 2.17. The van der Waals surface area contributed by atoms with Crippen LogP contribution in [0.25, 0.3) is 0 Å². The van der Waals surface area contributed by atoms with Crippen molar-refractivity contribution < 1.29 is 14.1 Å². The van der Waals surface area contributed by atoms with E-state index in [0.29, 0.717) is 32.0 Å². The first kappa shape index (κ1) is 17.7. The maximum Gasteiger partial charge on any atom is 0.275 e. The summed E-state index contributed by atoms with van der Waals surface area (Å²) in [6.45, 7) is 3.26. The lowest BCUT2D eigenvalue weighted by molar-refractivity contribution is -0.119. The summed E-state index contributed by atoms with van der Waals surface area (Å²) in [7, 11) is 0. The van der Waals surface area contributed by atoms with Gasteiger partial charge >= 0.3 is 0 Å². The van der Waals surface area contributed by atoms with Crippen LogP contribution in [-0.2, 0) is 4.79 Å². The maximum atomic E-state index is 12.0. The van der Waals surface area contributed by atoms with E-state index in [9.17, 15) is 9.59 Å². The molecule has 2 N–H and O–H groups in total. The van der Waals surface area contributed by atoms with Gasteiger partial charge in [0.1, 0.15) is 11.3 Å². The quantitative estimate of drug-likeness (QED) is 0.635. The van der Waals surface area contributed by atoms with E-state index >= 15 is 0 Å². The molecule has 1 aromatic carbocycles. The van der Waals surface area contributed by atoms with Crippen LogP contribution >= 0.6 is 35.0 Å². The van der Waals surface area contributed by atoms with Gasteiger partial charge in [-0.05, 0) is 32.0 Å². The Labute approximate surface area is 146 Å². The fourth-order valence-corrected chi connectivity index (χ4v) is 3.06. The van der Waals surface area contributed by atoms with Crippen molar-refractivity contribution in [3.8, 4) is 0 Å². The zero-order chi connectivity index (χ0) is 17.0. The van der Waals surface area contributed by atoms with Crippen LogP contribution in [0.15, 0.2) is 27.6 Å². The lowest BCUT2D eigenvalue weighted by Crippen LogP contribution is -2.42. The Morgan fingerprint density at radius 3 is 2.65 bits per heavy atom. The van der Waals surface area contributed by atoms with Gasteiger partial charge in [-0.3, -0.25) is 20.4 Å². The Morgan fingerprint density at radius 1 is 1.26 bits per heavy atom. The van der Waals surface area contributed by atoms with Gasteiger partial charge in [0.15, 0.2) is 0 Å². The van der Waals surface area contributed by atoms with E-state index < -0.39 is 5.91 Å². The molecule has 2 rings (SSSR count). The summed E-state index contributed by atoms with van der Waals surface area (Å²) in [5.74, 6) is -0.414. The second-order valence-corrected chi connectivity index (χ2v) is 6.43. The molecular formula is C14H13Cl2N3O3S. The molecule has 0 saturated carbocycles. The van der Waals surface area contributed by atoms with Gasteiger partial charge in [0.25, 0.3) is 5.91 Å². The van der Waals surface area contributed by atoms with Crippen LogP contribution in [0.4, 0.5) is 0 Å². The predicted octanol–water partition coefficient (Wildman–Crippen LogP) is 3.15. The van der Waals surface area contributed by atoms with Crippen LogP contribution in [0.3, 0.4) is 0 Å². The zero-order valence-electron chi connectivity index (χ0n) is 12.3. The molecule has 6 nitrogen and oxygen atoms in total. The van der Waals surface area contributed by atoms with Crippen molar-refractivity contribution in [2.45, 2.75) is 18.7 Å². The highest BCUT2D eigenvalue weighted by Crippen LogP contribution is 2.29. The molecule has 0 atom stereocenters. The molecule has 0 aliphatic carbocycles. The molecule has 0 unspecified atom stereocenters. The smallest absolute Gasteiger partial charge is 0.275 e. The fourth-order valence-electron chi connectivity index (χ4n) is 1.76. The average molecular weight is 374 g/mol. The third-order valence-electron chi connectivity index (χ3n) is 2.83. The van der Waals surface area contributed by atoms with E-state index in [4.69, 9.17) is 27.7 Å². The number of benzene rings is 1. The number of hydrogen-bond acceptors (Lipinski definition) is 5. The first-order valence-electron chi connectivity index (χ1n) is 6.48. The van der Waals surface area contributed by atoms with Crippen LogP contribution in [0, 0.1) is 13.8 Å². The lowest BCUT2D eigenvalue weighted by Gasteiger charge is -2.08.